The highest BCUT2D eigenvalue weighted by molar-refractivity contribution is 5.97. The molecule has 26 heteroatoms. The molecule has 1 aromatic heterocycles. The van der Waals surface area contributed by atoms with E-state index in [1.807, 2.05) is 42.5 Å². The molecule has 0 saturated carbocycles. The van der Waals surface area contributed by atoms with Gasteiger partial charge in [-0.2, -0.15) is 0 Å². The van der Waals surface area contributed by atoms with E-state index in [0.29, 0.717) is 36.3 Å². The summed E-state index contributed by atoms with van der Waals surface area (Å²) in [5.74, 6) is -6.39. The lowest BCUT2D eigenvalue weighted by molar-refractivity contribution is -0.394. The van der Waals surface area contributed by atoms with Crippen LogP contribution in [-0.2, 0) is 80.5 Å². The maximum absolute atomic E-state index is 14.7. The fraction of sp³-hybridized carbons (Fsp3) is 0.369. The molecule has 26 nitrogen and oxygen atoms in total. The molecule has 7 N–H and O–H groups in total. The van der Waals surface area contributed by atoms with E-state index in [4.69, 9.17) is 19.9 Å². The largest absolute Gasteiger partial charge is 0.489 e. The molecule has 6 amide bonds. The summed E-state index contributed by atoms with van der Waals surface area (Å²) in [6.07, 6.45) is 2.64. The summed E-state index contributed by atoms with van der Waals surface area (Å²) >= 11 is 0. The number of imidazole rings is 1. The molecule has 91 heavy (non-hydrogen) atoms. The number of nitro benzene ring substituents is 2. The summed E-state index contributed by atoms with van der Waals surface area (Å²) in [5, 5.41) is 37.0. The van der Waals surface area contributed by atoms with Crippen LogP contribution in [0.25, 0.3) is 5.69 Å². The molecule has 0 bridgehead atoms. The van der Waals surface area contributed by atoms with Crippen LogP contribution >= 0.6 is 0 Å². The Morgan fingerprint density at radius 1 is 0.681 bits per heavy atom. The Hall–Kier alpha value is -10.4. The van der Waals surface area contributed by atoms with Gasteiger partial charge in [-0.25, -0.2) is 9.78 Å². The molecule has 480 valence electrons. The minimum absolute atomic E-state index is 0.0225. The maximum Gasteiger partial charge on any atom is 0.329 e. The number of nitro groups is 2. The highest BCUT2D eigenvalue weighted by Crippen LogP contribution is 2.28. The monoisotopic (exact) mass is 1250 g/mol. The average molecular weight is 1250 g/mol. The van der Waals surface area contributed by atoms with Crippen molar-refractivity contribution in [2.45, 2.75) is 129 Å². The number of carbonyl (C=O) groups is 8. The molecule has 1 aliphatic rings. The molecular weight excluding hydrogens is 1170 g/mol. The lowest BCUT2D eigenvalue weighted by Gasteiger charge is -2.29. The number of non-ortho nitro benzene ring substituents is 1. The normalized spacial score (nSPS) is 14.7. The summed E-state index contributed by atoms with van der Waals surface area (Å²) in [4.78, 5) is 139. The number of likely N-dealkylation sites (tertiary alicyclic amines) is 1. The molecular formula is C65H75N11O15. The molecule has 1 fully saturated rings. The average Bonchev–Trinajstić information content (AvgIpc) is 1.98. The molecule has 1 saturated heterocycles. The number of aromatic nitrogens is 2. The second-order valence-corrected chi connectivity index (χ2v) is 22.5. The van der Waals surface area contributed by atoms with Crippen molar-refractivity contribution in [1.29, 1.82) is 0 Å². The molecule has 0 unspecified atom stereocenters. The van der Waals surface area contributed by atoms with Crippen LogP contribution < -0.4 is 37.1 Å². The van der Waals surface area contributed by atoms with Crippen molar-refractivity contribution in [2.24, 2.45) is 17.6 Å². The van der Waals surface area contributed by atoms with E-state index < -0.39 is 130 Å². The third-order valence-corrected chi connectivity index (χ3v) is 15.1. The minimum atomic E-state index is -1.58. The first-order chi connectivity index (χ1) is 43.6. The highest BCUT2D eigenvalue weighted by atomic mass is 16.6. The number of nitrogens with two attached hydrogens (primary N) is 1. The molecule has 6 aromatic rings. The molecule has 5 aromatic carbocycles. The molecule has 2 heterocycles. The van der Waals surface area contributed by atoms with Crippen LogP contribution in [0.1, 0.15) is 87.7 Å². The molecule has 1 aliphatic heterocycles. The lowest BCUT2D eigenvalue weighted by Crippen LogP contribution is -2.58. The van der Waals surface area contributed by atoms with Crippen molar-refractivity contribution >= 4 is 58.8 Å². The van der Waals surface area contributed by atoms with Crippen LogP contribution in [0.5, 0.6) is 5.75 Å². The van der Waals surface area contributed by atoms with E-state index >= 15 is 0 Å². The smallest absolute Gasteiger partial charge is 0.329 e. The van der Waals surface area contributed by atoms with Gasteiger partial charge in [-0.3, -0.25) is 58.4 Å². The van der Waals surface area contributed by atoms with Gasteiger partial charge in [0, 0.05) is 31.6 Å². The van der Waals surface area contributed by atoms with Crippen molar-refractivity contribution in [1.82, 2.24) is 41.0 Å². The first-order valence-electron chi connectivity index (χ1n) is 29.8. The Kier molecular flexibility index (Phi) is 24.9. The van der Waals surface area contributed by atoms with Crippen molar-refractivity contribution in [2.75, 3.05) is 13.1 Å². The van der Waals surface area contributed by atoms with Crippen molar-refractivity contribution in [3.05, 3.63) is 194 Å². The van der Waals surface area contributed by atoms with Crippen LogP contribution in [0.2, 0.25) is 0 Å². The van der Waals surface area contributed by atoms with Gasteiger partial charge < -0.3 is 51.4 Å². The van der Waals surface area contributed by atoms with E-state index in [0.717, 1.165) is 29.3 Å². The van der Waals surface area contributed by atoms with Crippen LogP contribution in [0.15, 0.2) is 146 Å². The molecule has 0 radical (unpaired) electrons. The molecule has 7 atom stereocenters. The van der Waals surface area contributed by atoms with Crippen LogP contribution in [-0.4, -0.2) is 121 Å². The summed E-state index contributed by atoms with van der Waals surface area (Å²) in [7, 11) is 0. The van der Waals surface area contributed by atoms with Gasteiger partial charge in [0.25, 0.3) is 11.4 Å². The Morgan fingerprint density at radius 2 is 1.29 bits per heavy atom. The van der Waals surface area contributed by atoms with Gasteiger partial charge in [0.05, 0.1) is 46.9 Å². The van der Waals surface area contributed by atoms with Gasteiger partial charge in [0.2, 0.25) is 35.4 Å². The zero-order chi connectivity index (χ0) is 65.6. The number of benzene rings is 5. The number of carbonyl (C=O) groups excluding carboxylic acids is 8. The van der Waals surface area contributed by atoms with Crippen LogP contribution in [0, 0.1) is 32.1 Å². The molecule has 0 aliphatic carbocycles. The second kappa shape index (κ2) is 33.3. The quantitative estimate of drug-likeness (QED) is 0.0175. The molecule has 7 rings (SSSR count). The number of nitrogens with zero attached hydrogens (tertiary/aromatic N) is 5. The summed E-state index contributed by atoms with van der Waals surface area (Å²) < 4.78 is 18.2. The van der Waals surface area contributed by atoms with Gasteiger partial charge in [-0.15, -0.1) is 0 Å². The van der Waals surface area contributed by atoms with E-state index in [1.165, 1.54) is 22.0 Å². The van der Waals surface area contributed by atoms with Gasteiger partial charge in [0.15, 0.2) is 0 Å². The maximum atomic E-state index is 14.7. The van der Waals surface area contributed by atoms with E-state index in [9.17, 15) is 58.6 Å². The number of amides is 6. The number of esters is 2. The van der Waals surface area contributed by atoms with Gasteiger partial charge in [0.1, 0.15) is 61.5 Å². The van der Waals surface area contributed by atoms with Gasteiger partial charge >= 0.3 is 11.9 Å². The first kappa shape index (κ1) is 68.1. The number of ether oxygens (including phenoxy) is 3. The van der Waals surface area contributed by atoms with Crippen molar-refractivity contribution < 1.29 is 62.4 Å². The van der Waals surface area contributed by atoms with E-state index in [2.05, 4.69) is 31.6 Å². The molecule has 0 spiro atoms. The minimum Gasteiger partial charge on any atom is -0.489 e. The predicted octanol–water partition coefficient (Wildman–Crippen LogP) is 5.40. The SMILES string of the molecule is CC[C@H](C)[C@H](NC(=O)[C@@H]1CCCN1C(=O)[C@@H](N)CC(=O)OCc1ccccc1)C(=O)NCC(=O)N[C@@H](Cc1cn(-c2ccc([N+](=O)[O-])cc2[N+](=O)[O-])cn1)C(=O)N[C@@H](CC(C)C)C(=O)N[C@@H](Cc1ccc(OCc2ccccc2)cc1)C(=O)OCc1ccccc1. The number of nitrogens with one attached hydrogen (secondary N) is 5. The number of hydrogen-bond donors (Lipinski definition) is 6. The van der Waals surface area contributed by atoms with Gasteiger partial charge in [-0.05, 0) is 71.6 Å². The fourth-order valence-corrected chi connectivity index (χ4v) is 10.0. The van der Waals surface area contributed by atoms with E-state index in [-0.39, 0.29) is 56.3 Å². The van der Waals surface area contributed by atoms with Crippen molar-refractivity contribution in [3.8, 4) is 11.4 Å². The van der Waals surface area contributed by atoms with Gasteiger partial charge in [-0.1, -0.05) is 137 Å². The van der Waals surface area contributed by atoms with Crippen LogP contribution in [0.3, 0.4) is 0 Å². The van der Waals surface area contributed by atoms with E-state index in [1.54, 1.807) is 100 Å². The Labute approximate surface area is 525 Å². The summed E-state index contributed by atoms with van der Waals surface area (Å²) in [5.41, 5.74) is 7.99. The summed E-state index contributed by atoms with van der Waals surface area (Å²) in [6, 6.07) is 29.6. The first-order valence-corrected chi connectivity index (χ1v) is 29.8. The Balaban J connectivity index is 1.07. The summed E-state index contributed by atoms with van der Waals surface area (Å²) in [6.45, 7) is 6.67. The zero-order valence-corrected chi connectivity index (χ0v) is 50.9. The Morgan fingerprint density at radius 3 is 1.89 bits per heavy atom. The van der Waals surface area contributed by atoms with Crippen molar-refractivity contribution in [3.63, 3.8) is 0 Å². The second-order valence-electron chi connectivity index (χ2n) is 22.5. The third kappa shape index (κ3) is 20.3. The predicted molar refractivity (Wildman–Crippen MR) is 331 cm³/mol. The topological polar surface area (TPSA) is 358 Å². The fourth-order valence-electron chi connectivity index (χ4n) is 10.0. The standard InChI is InChI=1S/C65H75N11O15/c1-5-42(4)59(72-62(81)55-22-15-29-74(55)64(83)50(66)34-58(78)90-38-45-18-11-7-12-19-45)63(82)67-35-57(77)69-52(32-47-36-73(40-68-47)54-28-25-48(75(85)86)33-56(54)76(87)88)61(80)70-51(30-41(2)3)60(79)71-53(65(84)91-39-46-20-13-8-14-21-46)31-43-23-26-49(27-24-43)89-37-44-16-9-6-10-17-44/h6-14,16-21,23-28,33,36,40-42,50-53,55,59H,5,15,22,29-32,34-35,37-39,66H2,1-4H3,(H,67,82)(H,69,77)(H,70,80)(H,71,79)(H,72,81)/t42-,50-,51-,52-,53-,55-,59-/m0/s1. The highest BCUT2D eigenvalue weighted by Gasteiger charge is 2.39. The number of hydrogen-bond acceptors (Lipinski definition) is 17. The zero-order valence-electron chi connectivity index (χ0n) is 50.9. The Bertz CT molecular complexity index is 3500. The van der Waals surface area contributed by atoms with Crippen LogP contribution in [0.4, 0.5) is 11.4 Å². The lowest BCUT2D eigenvalue weighted by atomic mass is 9.97. The number of rotatable bonds is 32. The third-order valence-electron chi connectivity index (χ3n) is 15.1.